The van der Waals surface area contributed by atoms with Crippen molar-refractivity contribution in [3.05, 3.63) is 54.6 Å². The van der Waals surface area contributed by atoms with Gasteiger partial charge in [-0.05, 0) is 25.0 Å². The van der Waals surface area contributed by atoms with Crippen LogP contribution in [0.15, 0.2) is 54.6 Å². The third-order valence-corrected chi connectivity index (χ3v) is 6.45. The number of aromatic nitrogens is 3. The van der Waals surface area contributed by atoms with Crippen molar-refractivity contribution in [2.75, 3.05) is 24.7 Å². The van der Waals surface area contributed by atoms with Crippen LogP contribution in [0.25, 0.3) is 22.8 Å². The van der Waals surface area contributed by atoms with Gasteiger partial charge in [0, 0.05) is 24.2 Å². The van der Waals surface area contributed by atoms with Crippen LogP contribution in [0.4, 0.5) is 5.69 Å². The number of sulfonamides is 1. The standard InChI is InChI=1S/C21H23N5O3S/c1-30(28,29)26-13-7-10-16(14-26)21(27)22-18-12-6-5-11-17(18)20-23-19(24-25-20)15-8-3-2-4-9-15/h2-6,8-9,11-12,16H,7,10,13-14H2,1H3,(H,22,27)(H,23,24,25). The summed E-state index contributed by atoms with van der Waals surface area (Å²) in [7, 11) is -3.31. The zero-order chi connectivity index (χ0) is 21.1. The molecule has 3 aromatic rings. The van der Waals surface area contributed by atoms with Gasteiger partial charge in [0.25, 0.3) is 0 Å². The SMILES string of the molecule is CS(=O)(=O)N1CCCC(C(=O)Nc2ccccc2-c2nc(-c3ccccc3)n[nH]2)C1. The number of carbonyl (C=O) groups excluding carboxylic acids is 1. The average molecular weight is 426 g/mol. The Morgan fingerprint density at radius 2 is 1.87 bits per heavy atom. The van der Waals surface area contributed by atoms with E-state index in [2.05, 4.69) is 20.5 Å². The van der Waals surface area contributed by atoms with E-state index in [1.165, 1.54) is 10.6 Å². The largest absolute Gasteiger partial charge is 0.325 e. The minimum atomic E-state index is -3.31. The fraction of sp³-hybridized carbons (Fsp3) is 0.286. The predicted octanol–water partition coefficient (Wildman–Crippen LogP) is 2.75. The molecule has 156 valence electrons. The van der Waals surface area contributed by atoms with Crippen molar-refractivity contribution in [1.29, 1.82) is 0 Å². The molecule has 9 heteroatoms. The summed E-state index contributed by atoms with van der Waals surface area (Å²) in [6.07, 6.45) is 2.49. The van der Waals surface area contributed by atoms with Gasteiger partial charge in [-0.25, -0.2) is 17.7 Å². The summed E-state index contributed by atoms with van der Waals surface area (Å²) >= 11 is 0. The highest BCUT2D eigenvalue weighted by atomic mass is 32.2. The van der Waals surface area contributed by atoms with Crippen LogP contribution in [-0.2, 0) is 14.8 Å². The van der Waals surface area contributed by atoms with Crippen molar-refractivity contribution in [1.82, 2.24) is 19.5 Å². The molecular weight excluding hydrogens is 402 g/mol. The molecule has 1 atom stereocenters. The van der Waals surface area contributed by atoms with Gasteiger partial charge >= 0.3 is 0 Å². The second-order valence-corrected chi connectivity index (χ2v) is 9.35. The molecule has 0 saturated carbocycles. The number of H-pyrrole nitrogens is 1. The third kappa shape index (κ3) is 4.42. The fourth-order valence-corrected chi connectivity index (χ4v) is 4.50. The normalized spacial score (nSPS) is 17.6. The molecule has 2 aromatic carbocycles. The van der Waals surface area contributed by atoms with Gasteiger partial charge in [0.1, 0.15) is 0 Å². The molecule has 1 fully saturated rings. The Morgan fingerprint density at radius 3 is 2.63 bits per heavy atom. The third-order valence-electron chi connectivity index (χ3n) is 5.18. The van der Waals surface area contributed by atoms with Gasteiger partial charge < -0.3 is 5.32 Å². The summed E-state index contributed by atoms with van der Waals surface area (Å²) in [6.45, 7) is 0.660. The predicted molar refractivity (Wildman–Crippen MR) is 115 cm³/mol. The number of carbonyl (C=O) groups is 1. The molecule has 4 rings (SSSR count). The van der Waals surface area contributed by atoms with E-state index in [9.17, 15) is 13.2 Å². The molecule has 1 amide bonds. The number of para-hydroxylation sites is 1. The number of rotatable bonds is 5. The van der Waals surface area contributed by atoms with Crippen LogP contribution in [0.2, 0.25) is 0 Å². The second kappa shape index (κ2) is 8.37. The van der Waals surface area contributed by atoms with Crippen LogP contribution in [-0.4, -0.2) is 53.2 Å². The maximum atomic E-state index is 12.9. The van der Waals surface area contributed by atoms with E-state index in [4.69, 9.17) is 0 Å². The van der Waals surface area contributed by atoms with Gasteiger partial charge in [-0.15, -0.1) is 0 Å². The summed E-state index contributed by atoms with van der Waals surface area (Å²) < 4.78 is 25.1. The Balaban J connectivity index is 1.54. The van der Waals surface area contributed by atoms with Crippen LogP contribution in [0.1, 0.15) is 12.8 Å². The van der Waals surface area contributed by atoms with Crippen molar-refractivity contribution in [3.8, 4) is 22.8 Å². The Bertz CT molecular complexity index is 1140. The summed E-state index contributed by atoms with van der Waals surface area (Å²) in [5.41, 5.74) is 2.22. The van der Waals surface area contributed by atoms with Gasteiger partial charge in [0.2, 0.25) is 15.9 Å². The minimum absolute atomic E-state index is 0.196. The monoisotopic (exact) mass is 425 g/mol. The highest BCUT2D eigenvalue weighted by Crippen LogP contribution is 2.28. The Hall–Kier alpha value is -3.04. The van der Waals surface area contributed by atoms with E-state index in [-0.39, 0.29) is 12.5 Å². The highest BCUT2D eigenvalue weighted by Gasteiger charge is 2.30. The molecule has 2 N–H and O–H groups in total. The van der Waals surface area contributed by atoms with E-state index in [1.807, 2.05) is 48.5 Å². The van der Waals surface area contributed by atoms with Crippen molar-refractivity contribution in [2.24, 2.45) is 5.92 Å². The summed E-state index contributed by atoms with van der Waals surface area (Å²) in [6, 6.07) is 17.0. The lowest BCUT2D eigenvalue weighted by Gasteiger charge is -2.30. The topological polar surface area (TPSA) is 108 Å². The van der Waals surface area contributed by atoms with Gasteiger partial charge in [0.05, 0.1) is 17.9 Å². The highest BCUT2D eigenvalue weighted by molar-refractivity contribution is 7.88. The number of benzene rings is 2. The van der Waals surface area contributed by atoms with Crippen molar-refractivity contribution in [2.45, 2.75) is 12.8 Å². The molecule has 1 unspecified atom stereocenters. The number of hydrogen-bond donors (Lipinski definition) is 2. The quantitative estimate of drug-likeness (QED) is 0.653. The molecule has 1 saturated heterocycles. The summed E-state index contributed by atoms with van der Waals surface area (Å²) in [5, 5.41) is 10.2. The Morgan fingerprint density at radius 1 is 1.13 bits per heavy atom. The first-order valence-corrected chi connectivity index (χ1v) is 11.6. The molecule has 0 aliphatic carbocycles. The molecule has 0 radical (unpaired) electrons. The summed E-state index contributed by atoms with van der Waals surface area (Å²) in [5.74, 6) is 0.531. The lowest BCUT2D eigenvalue weighted by molar-refractivity contribution is -0.120. The van der Waals surface area contributed by atoms with Crippen LogP contribution < -0.4 is 5.32 Å². The van der Waals surface area contributed by atoms with Crippen LogP contribution in [0.3, 0.4) is 0 Å². The van der Waals surface area contributed by atoms with E-state index < -0.39 is 15.9 Å². The number of hydrogen-bond acceptors (Lipinski definition) is 5. The van der Waals surface area contributed by atoms with Gasteiger partial charge in [-0.3, -0.25) is 9.89 Å². The number of piperidine rings is 1. The molecule has 8 nitrogen and oxygen atoms in total. The van der Waals surface area contributed by atoms with Crippen LogP contribution >= 0.6 is 0 Å². The van der Waals surface area contributed by atoms with Crippen LogP contribution in [0, 0.1) is 5.92 Å². The van der Waals surface area contributed by atoms with Gasteiger partial charge in [-0.2, -0.15) is 5.10 Å². The molecule has 0 spiro atoms. The minimum Gasteiger partial charge on any atom is -0.325 e. The maximum Gasteiger partial charge on any atom is 0.228 e. The molecular formula is C21H23N5O3S. The number of aromatic amines is 1. The molecule has 30 heavy (non-hydrogen) atoms. The number of nitrogens with one attached hydrogen (secondary N) is 2. The number of nitrogens with zero attached hydrogens (tertiary/aromatic N) is 3. The van der Waals surface area contributed by atoms with E-state index in [1.54, 1.807) is 6.07 Å². The average Bonchev–Trinajstić information content (AvgIpc) is 3.24. The molecule has 0 bridgehead atoms. The van der Waals surface area contributed by atoms with Crippen LogP contribution in [0.5, 0.6) is 0 Å². The molecule has 1 aliphatic heterocycles. The van der Waals surface area contributed by atoms with E-state index in [0.29, 0.717) is 36.7 Å². The first-order chi connectivity index (χ1) is 14.4. The van der Waals surface area contributed by atoms with Gasteiger partial charge in [-0.1, -0.05) is 42.5 Å². The van der Waals surface area contributed by atoms with Gasteiger partial charge in [0.15, 0.2) is 11.6 Å². The second-order valence-electron chi connectivity index (χ2n) is 7.37. The molecule has 1 aliphatic rings. The van der Waals surface area contributed by atoms with Crippen molar-refractivity contribution < 1.29 is 13.2 Å². The lowest BCUT2D eigenvalue weighted by atomic mass is 9.98. The lowest BCUT2D eigenvalue weighted by Crippen LogP contribution is -2.43. The Labute approximate surface area is 175 Å². The Kier molecular flexibility index (Phi) is 5.65. The molecule has 2 heterocycles. The first kappa shape index (κ1) is 20.2. The maximum absolute atomic E-state index is 12.9. The van der Waals surface area contributed by atoms with E-state index in [0.717, 1.165) is 11.1 Å². The first-order valence-electron chi connectivity index (χ1n) is 9.75. The number of amides is 1. The summed E-state index contributed by atoms with van der Waals surface area (Å²) in [4.78, 5) is 17.4. The molecule has 1 aromatic heterocycles. The fourth-order valence-electron chi connectivity index (χ4n) is 3.59. The van der Waals surface area contributed by atoms with Crippen molar-refractivity contribution in [3.63, 3.8) is 0 Å². The smallest absolute Gasteiger partial charge is 0.228 e. The zero-order valence-corrected chi connectivity index (χ0v) is 17.4. The zero-order valence-electron chi connectivity index (χ0n) is 16.6. The van der Waals surface area contributed by atoms with E-state index >= 15 is 0 Å². The van der Waals surface area contributed by atoms with Crippen molar-refractivity contribution >= 4 is 21.6 Å². The number of anilines is 1.